The molecule has 2 aliphatic heterocycles. The predicted molar refractivity (Wildman–Crippen MR) is 172 cm³/mol. The number of pyridine rings is 1. The van der Waals surface area contributed by atoms with E-state index in [4.69, 9.17) is 4.74 Å². The van der Waals surface area contributed by atoms with Crippen molar-refractivity contribution < 1.29 is 9.53 Å². The van der Waals surface area contributed by atoms with Crippen LogP contribution >= 0.6 is 0 Å². The Balaban J connectivity index is 0.910. The van der Waals surface area contributed by atoms with E-state index in [-0.39, 0.29) is 16.9 Å². The Morgan fingerprint density at radius 3 is 2.23 bits per heavy atom. The number of aromatic nitrogens is 1. The van der Waals surface area contributed by atoms with Crippen molar-refractivity contribution >= 4 is 16.8 Å². The first-order chi connectivity index (χ1) is 21.0. The number of hydrogen-bond acceptors (Lipinski definition) is 5. The molecule has 43 heavy (non-hydrogen) atoms. The van der Waals surface area contributed by atoms with Crippen LogP contribution in [0.2, 0.25) is 0 Å². The summed E-state index contributed by atoms with van der Waals surface area (Å²) in [7, 11) is 1.88. The number of piperidine rings is 1. The first-order valence-corrected chi connectivity index (χ1v) is 15.6. The van der Waals surface area contributed by atoms with Crippen molar-refractivity contribution in [2.75, 3.05) is 52.4 Å². The zero-order valence-electron chi connectivity index (χ0n) is 25.2. The molecule has 0 unspecified atom stereocenters. The van der Waals surface area contributed by atoms with Gasteiger partial charge in [-0.05, 0) is 73.7 Å². The minimum atomic E-state index is -0.191. The molecule has 7 nitrogen and oxygen atoms in total. The van der Waals surface area contributed by atoms with Gasteiger partial charge in [0.05, 0.1) is 5.52 Å². The molecule has 3 heterocycles. The maximum absolute atomic E-state index is 13.2. The number of piperazine rings is 1. The van der Waals surface area contributed by atoms with Gasteiger partial charge in [0.25, 0.3) is 5.91 Å². The van der Waals surface area contributed by atoms with Gasteiger partial charge in [0.2, 0.25) is 5.43 Å². The zero-order valence-corrected chi connectivity index (χ0v) is 25.2. The molecule has 0 saturated carbocycles. The fourth-order valence-electron chi connectivity index (χ4n) is 6.48. The Kier molecular flexibility index (Phi) is 9.20. The van der Waals surface area contributed by atoms with Gasteiger partial charge in [-0.15, -0.1) is 0 Å². The number of aryl methyl sites for hydroxylation is 1. The van der Waals surface area contributed by atoms with E-state index in [2.05, 4.69) is 64.4 Å². The lowest BCUT2D eigenvalue weighted by Gasteiger charge is -2.34. The Hall–Kier alpha value is -3.94. The minimum absolute atomic E-state index is 0.182. The number of nitrogens with zero attached hydrogens (tertiary/aromatic N) is 4. The van der Waals surface area contributed by atoms with Gasteiger partial charge >= 0.3 is 0 Å². The molecule has 0 aliphatic carbocycles. The SMILES string of the molecule is Cn1cc(C(=O)N2CCN(CCOc3ccc(CN4CCC(Cc5ccccc5)CC4)cc3)CC2)c(=O)c2ccccc21. The maximum atomic E-state index is 13.2. The van der Waals surface area contributed by atoms with Crippen molar-refractivity contribution in [3.05, 3.63) is 112 Å². The van der Waals surface area contributed by atoms with Gasteiger partial charge in [-0.25, -0.2) is 0 Å². The highest BCUT2D eigenvalue weighted by molar-refractivity contribution is 5.97. The standard InChI is InChI=1S/C36H42N4O3/c1-37-27-33(35(41)32-9-5-6-10-34(32)37)36(42)40-21-19-38(20-22-40)23-24-43-31-13-11-30(12-14-31)26-39-17-15-29(16-18-39)25-28-7-3-2-4-8-28/h2-14,27,29H,15-26H2,1H3. The Morgan fingerprint density at radius 2 is 1.49 bits per heavy atom. The summed E-state index contributed by atoms with van der Waals surface area (Å²) in [5, 5.41) is 0.582. The second kappa shape index (κ2) is 13.6. The molecule has 3 aromatic carbocycles. The van der Waals surface area contributed by atoms with Crippen molar-refractivity contribution in [2.24, 2.45) is 13.0 Å². The van der Waals surface area contributed by atoms with Crippen LogP contribution < -0.4 is 10.2 Å². The minimum Gasteiger partial charge on any atom is -0.492 e. The lowest BCUT2D eigenvalue weighted by Crippen LogP contribution is -2.50. The van der Waals surface area contributed by atoms with Crippen LogP contribution in [0.1, 0.15) is 34.3 Å². The lowest BCUT2D eigenvalue weighted by molar-refractivity contribution is 0.0618. The number of amides is 1. The molecule has 0 bridgehead atoms. The van der Waals surface area contributed by atoms with E-state index in [1.807, 2.05) is 29.8 Å². The van der Waals surface area contributed by atoms with Crippen molar-refractivity contribution in [2.45, 2.75) is 25.8 Å². The first-order valence-electron chi connectivity index (χ1n) is 15.6. The lowest BCUT2D eigenvalue weighted by atomic mass is 9.90. The number of ether oxygens (including phenoxy) is 1. The molecule has 0 spiro atoms. The van der Waals surface area contributed by atoms with Gasteiger partial charge in [0, 0.05) is 57.9 Å². The van der Waals surface area contributed by atoms with Crippen LogP contribution in [0.4, 0.5) is 0 Å². The molecule has 2 aliphatic rings. The number of likely N-dealkylation sites (tertiary alicyclic amines) is 1. The molecular weight excluding hydrogens is 536 g/mol. The Bertz CT molecular complexity index is 1570. The molecule has 1 aromatic heterocycles. The van der Waals surface area contributed by atoms with Gasteiger partial charge in [0.15, 0.2) is 0 Å². The molecule has 1 amide bonds. The van der Waals surface area contributed by atoms with Gasteiger partial charge < -0.3 is 14.2 Å². The van der Waals surface area contributed by atoms with Crippen LogP contribution in [0, 0.1) is 5.92 Å². The summed E-state index contributed by atoms with van der Waals surface area (Å²) in [6.45, 7) is 7.47. The summed E-state index contributed by atoms with van der Waals surface area (Å²) >= 11 is 0. The van der Waals surface area contributed by atoms with E-state index in [0.29, 0.717) is 25.1 Å². The molecule has 224 valence electrons. The third-order valence-electron chi connectivity index (χ3n) is 9.07. The molecule has 4 aromatic rings. The van der Waals surface area contributed by atoms with Crippen LogP contribution in [0.15, 0.2) is 89.9 Å². The van der Waals surface area contributed by atoms with Gasteiger partial charge in [0.1, 0.15) is 17.9 Å². The largest absolute Gasteiger partial charge is 0.492 e. The normalized spacial score (nSPS) is 16.9. The number of carbonyl (C=O) groups is 1. The number of hydrogen-bond donors (Lipinski definition) is 0. The van der Waals surface area contributed by atoms with E-state index >= 15 is 0 Å². The Morgan fingerprint density at radius 1 is 0.791 bits per heavy atom. The highest BCUT2D eigenvalue weighted by Crippen LogP contribution is 2.23. The summed E-state index contributed by atoms with van der Waals surface area (Å²) in [4.78, 5) is 32.9. The summed E-state index contributed by atoms with van der Waals surface area (Å²) in [6, 6.07) is 26.8. The summed E-state index contributed by atoms with van der Waals surface area (Å²) < 4.78 is 7.92. The highest BCUT2D eigenvalue weighted by Gasteiger charge is 2.25. The summed E-state index contributed by atoms with van der Waals surface area (Å²) in [6.07, 6.45) is 5.40. The summed E-state index contributed by atoms with van der Waals surface area (Å²) in [5.41, 5.74) is 3.67. The van der Waals surface area contributed by atoms with Crippen molar-refractivity contribution in [1.29, 1.82) is 0 Å². The van der Waals surface area contributed by atoms with E-state index in [9.17, 15) is 9.59 Å². The molecular formula is C36H42N4O3. The number of benzene rings is 3. The van der Waals surface area contributed by atoms with Gasteiger partial charge in [-0.3, -0.25) is 19.4 Å². The highest BCUT2D eigenvalue weighted by atomic mass is 16.5. The third-order valence-corrected chi connectivity index (χ3v) is 9.07. The monoisotopic (exact) mass is 578 g/mol. The van der Waals surface area contributed by atoms with E-state index in [1.165, 1.54) is 30.4 Å². The van der Waals surface area contributed by atoms with Crippen LogP contribution in [-0.2, 0) is 20.0 Å². The smallest absolute Gasteiger partial charge is 0.259 e. The molecule has 0 radical (unpaired) electrons. The van der Waals surface area contributed by atoms with E-state index < -0.39 is 0 Å². The van der Waals surface area contributed by atoms with Crippen LogP contribution in [0.25, 0.3) is 10.9 Å². The third kappa shape index (κ3) is 7.17. The number of fused-ring (bicyclic) bond motifs is 1. The van der Waals surface area contributed by atoms with Gasteiger partial charge in [-0.1, -0.05) is 54.6 Å². The number of carbonyl (C=O) groups excluding carboxylic acids is 1. The van der Waals surface area contributed by atoms with Crippen LogP contribution in [-0.4, -0.2) is 77.6 Å². The van der Waals surface area contributed by atoms with E-state index in [0.717, 1.165) is 56.5 Å². The van der Waals surface area contributed by atoms with Crippen LogP contribution in [0.5, 0.6) is 5.75 Å². The number of para-hydroxylation sites is 1. The zero-order chi connectivity index (χ0) is 29.6. The average Bonchev–Trinajstić information content (AvgIpc) is 3.05. The topological polar surface area (TPSA) is 58.0 Å². The molecule has 2 fully saturated rings. The van der Waals surface area contributed by atoms with Crippen molar-refractivity contribution in [3.63, 3.8) is 0 Å². The van der Waals surface area contributed by atoms with Crippen molar-refractivity contribution in [1.82, 2.24) is 19.3 Å². The Labute approximate surface area is 254 Å². The maximum Gasteiger partial charge on any atom is 0.259 e. The predicted octanol–water partition coefficient (Wildman–Crippen LogP) is 4.83. The molecule has 6 rings (SSSR count). The average molecular weight is 579 g/mol. The second-order valence-corrected chi connectivity index (χ2v) is 12.0. The fraction of sp³-hybridized carbons (Fsp3) is 0.389. The molecule has 7 heteroatoms. The fourth-order valence-corrected chi connectivity index (χ4v) is 6.48. The molecule has 0 atom stereocenters. The van der Waals surface area contributed by atoms with Crippen LogP contribution in [0.3, 0.4) is 0 Å². The van der Waals surface area contributed by atoms with E-state index in [1.54, 1.807) is 17.2 Å². The van der Waals surface area contributed by atoms with Crippen molar-refractivity contribution in [3.8, 4) is 5.75 Å². The molecule has 0 N–H and O–H groups in total. The quantitative estimate of drug-likeness (QED) is 0.285. The van der Waals surface area contributed by atoms with Gasteiger partial charge in [-0.2, -0.15) is 0 Å². The second-order valence-electron chi connectivity index (χ2n) is 12.0. The first kappa shape index (κ1) is 29.1. The molecule has 2 saturated heterocycles. The summed E-state index contributed by atoms with van der Waals surface area (Å²) in [5.74, 6) is 1.50. The number of rotatable bonds is 9.